The molecule has 8 nitrogen and oxygen atoms in total. The molecule has 0 aromatic heterocycles. The average molecular weight is 530 g/mol. The van der Waals surface area contributed by atoms with Crippen molar-refractivity contribution in [1.29, 1.82) is 0 Å². The predicted molar refractivity (Wildman–Crippen MR) is 126 cm³/mol. The van der Waals surface area contributed by atoms with Gasteiger partial charge in [-0.2, -0.15) is 0 Å². The minimum Gasteiger partial charge on any atom is -0.466 e. The number of benzene rings is 1. The molecule has 30 heavy (non-hydrogen) atoms. The summed E-state index contributed by atoms with van der Waals surface area (Å²) in [7, 11) is 0. The Hall–Kier alpha value is -1.91. The SMILES string of the molecule is CCOC(=O)C1CCN(C(=NCc2ccc([N+](=O)[O-])cc2)NC2CCCC2)CC1.I. The summed E-state index contributed by atoms with van der Waals surface area (Å²) < 4.78 is 5.17. The smallest absolute Gasteiger partial charge is 0.309 e. The van der Waals surface area contributed by atoms with Crippen molar-refractivity contribution in [3.05, 3.63) is 39.9 Å². The van der Waals surface area contributed by atoms with Gasteiger partial charge in [0.05, 0.1) is 24.0 Å². The van der Waals surface area contributed by atoms with Gasteiger partial charge in [-0.05, 0) is 38.2 Å². The molecule has 1 saturated heterocycles. The molecule has 0 amide bonds. The number of hydrogen-bond donors (Lipinski definition) is 1. The van der Waals surface area contributed by atoms with Gasteiger partial charge in [-0.1, -0.05) is 25.0 Å². The molecule has 1 saturated carbocycles. The van der Waals surface area contributed by atoms with Crippen molar-refractivity contribution in [1.82, 2.24) is 10.2 Å². The zero-order valence-corrected chi connectivity index (χ0v) is 19.7. The minimum atomic E-state index is -0.395. The lowest BCUT2D eigenvalue weighted by Crippen LogP contribution is -2.49. The first-order valence-electron chi connectivity index (χ1n) is 10.5. The first-order valence-corrected chi connectivity index (χ1v) is 10.5. The molecule has 1 aromatic carbocycles. The zero-order chi connectivity index (χ0) is 20.6. The largest absolute Gasteiger partial charge is 0.466 e. The Morgan fingerprint density at radius 3 is 2.40 bits per heavy atom. The standard InChI is InChI=1S/C21H30N4O4.HI/c1-2-29-20(26)17-11-13-24(14-12-17)21(23-18-5-3-4-6-18)22-15-16-7-9-19(10-8-16)25(27)28;/h7-10,17-18H,2-6,11-15H2,1H3,(H,22,23);1H. The maximum absolute atomic E-state index is 12.0. The third kappa shape index (κ3) is 6.82. The summed E-state index contributed by atoms with van der Waals surface area (Å²) in [5.41, 5.74) is 1.02. The topological polar surface area (TPSA) is 97.1 Å². The monoisotopic (exact) mass is 530 g/mol. The van der Waals surface area contributed by atoms with E-state index in [-0.39, 0.29) is 41.6 Å². The Morgan fingerprint density at radius 2 is 1.83 bits per heavy atom. The number of likely N-dealkylation sites (tertiary alicyclic amines) is 1. The lowest BCUT2D eigenvalue weighted by atomic mass is 9.97. The fraction of sp³-hybridized carbons (Fsp3) is 0.619. The second-order valence-electron chi connectivity index (χ2n) is 7.70. The molecule has 0 radical (unpaired) electrons. The van der Waals surface area contributed by atoms with Crippen LogP contribution in [0.5, 0.6) is 0 Å². The van der Waals surface area contributed by atoms with E-state index < -0.39 is 4.92 Å². The Bertz CT molecular complexity index is 727. The molecule has 1 aliphatic carbocycles. The minimum absolute atomic E-state index is 0. The lowest BCUT2D eigenvalue weighted by Gasteiger charge is -2.34. The van der Waals surface area contributed by atoms with E-state index in [0.717, 1.165) is 50.3 Å². The van der Waals surface area contributed by atoms with Gasteiger partial charge in [0, 0.05) is 31.3 Å². The number of nitro groups is 1. The van der Waals surface area contributed by atoms with E-state index in [1.165, 1.54) is 25.0 Å². The van der Waals surface area contributed by atoms with Gasteiger partial charge in [0.25, 0.3) is 5.69 Å². The van der Waals surface area contributed by atoms with Gasteiger partial charge in [-0.3, -0.25) is 14.9 Å². The van der Waals surface area contributed by atoms with Gasteiger partial charge in [0.1, 0.15) is 0 Å². The highest BCUT2D eigenvalue weighted by molar-refractivity contribution is 14.0. The summed E-state index contributed by atoms with van der Waals surface area (Å²) in [5.74, 6) is 0.742. The average Bonchev–Trinajstić information content (AvgIpc) is 3.25. The van der Waals surface area contributed by atoms with Gasteiger partial charge in [0.2, 0.25) is 0 Å². The number of hydrogen-bond acceptors (Lipinski definition) is 5. The molecule has 1 aromatic rings. The molecular formula is C21H31IN4O4. The highest BCUT2D eigenvalue weighted by atomic mass is 127. The van der Waals surface area contributed by atoms with Gasteiger partial charge in [0.15, 0.2) is 5.96 Å². The maximum atomic E-state index is 12.0. The zero-order valence-electron chi connectivity index (χ0n) is 17.4. The molecule has 0 spiro atoms. The van der Waals surface area contributed by atoms with Gasteiger partial charge in [-0.25, -0.2) is 4.99 Å². The predicted octanol–water partition coefficient (Wildman–Crippen LogP) is 3.88. The van der Waals surface area contributed by atoms with E-state index in [9.17, 15) is 14.9 Å². The Labute approximate surface area is 194 Å². The Balaban J connectivity index is 0.00000320. The van der Waals surface area contributed by atoms with E-state index in [4.69, 9.17) is 9.73 Å². The van der Waals surface area contributed by atoms with Crippen molar-refractivity contribution in [2.45, 2.75) is 58.0 Å². The van der Waals surface area contributed by atoms with Crippen LogP contribution in [0.4, 0.5) is 5.69 Å². The molecule has 0 atom stereocenters. The summed E-state index contributed by atoms with van der Waals surface area (Å²) in [4.78, 5) is 29.5. The summed E-state index contributed by atoms with van der Waals surface area (Å²) in [6.45, 7) is 4.25. The van der Waals surface area contributed by atoms with Gasteiger partial charge < -0.3 is 15.0 Å². The number of nitrogens with zero attached hydrogens (tertiary/aromatic N) is 3. The third-order valence-corrected chi connectivity index (χ3v) is 5.66. The number of rotatable bonds is 6. The summed E-state index contributed by atoms with van der Waals surface area (Å²) >= 11 is 0. The molecule has 166 valence electrons. The van der Waals surface area contributed by atoms with E-state index in [1.54, 1.807) is 12.1 Å². The fourth-order valence-corrected chi connectivity index (χ4v) is 3.97. The highest BCUT2D eigenvalue weighted by Crippen LogP contribution is 2.22. The van der Waals surface area contributed by atoms with Crippen LogP contribution in [0.1, 0.15) is 51.0 Å². The molecule has 0 unspecified atom stereocenters. The molecule has 1 heterocycles. The number of piperidine rings is 1. The van der Waals surface area contributed by atoms with Crippen molar-refractivity contribution in [2.75, 3.05) is 19.7 Å². The first-order chi connectivity index (χ1) is 14.1. The van der Waals surface area contributed by atoms with Crippen LogP contribution in [-0.4, -0.2) is 47.5 Å². The second kappa shape index (κ2) is 12.1. The number of nitrogens with one attached hydrogen (secondary N) is 1. The summed E-state index contributed by atoms with van der Waals surface area (Å²) in [6.07, 6.45) is 6.30. The summed E-state index contributed by atoms with van der Waals surface area (Å²) in [6, 6.07) is 6.97. The first kappa shape index (κ1) is 24.4. The molecule has 9 heteroatoms. The van der Waals surface area contributed by atoms with Crippen molar-refractivity contribution in [3.63, 3.8) is 0 Å². The molecular weight excluding hydrogens is 499 g/mol. The van der Waals surface area contributed by atoms with Crippen LogP contribution in [0.2, 0.25) is 0 Å². The molecule has 2 fully saturated rings. The van der Waals surface area contributed by atoms with E-state index in [0.29, 0.717) is 19.2 Å². The lowest BCUT2D eigenvalue weighted by molar-refractivity contribution is -0.384. The summed E-state index contributed by atoms with van der Waals surface area (Å²) in [5, 5.41) is 14.4. The number of carbonyl (C=O) groups is 1. The number of esters is 1. The van der Waals surface area contributed by atoms with E-state index in [1.807, 2.05) is 6.92 Å². The highest BCUT2D eigenvalue weighted by Gasteiger charge is 2.28. The fourth-order valence-electron chi connectivity index (χ4n) is 3.97. The number of carbonyl (C=O) groups excluding carboxylic acids is 1. The molecule has 0 bridgehead atoms. The molecule has 1 N–H and O–H groups in total. The van der Waals surface area contributed by atoms with Crippen LogP contribution in [-0.2, 0) is 16.1 Å². The van der Waals surface area contributed by atoms with Crippen molar-refractivity contribution in [2.24, 2.45) is 10.9 Å². The van der Waals surface area contributed by atoms with Crippen LogP contribution in [0.15, 0.2) is 29.3 Å². The molecule has 1 aliphatic heterocycles. The van der Waals surface area contributed by atoms with Crippen molar-refractivity contribution >= 4 is 41.6 Å². The quantitative estimate of drug-likeness (QED) is 0.150. The number of nitro benzene ring substituents is 1. The number of guanidine groups is 1. The van der Waals surface area contributed by atoms with Crippen molar-refractivity contribution in [3.8, 4) is 0 Å². The van der Waals surface area contributed by atoms with Gasteiger partial charge >= 0.3 is 5.97 Å². The van der Waals surface area contributed by atoms with E-state index >= 15 is 0 Å². The number of halogens is 1. The Kier molecular flexibility index (Phi) is 9.80. The molecule has 2 aliphatic rings. The van der Waals surface area contributed by atoms with Crippen molar-refractivity contribution < 1.29 is 14.5 Å². The van der Waals surface area contributed by atoms with Crippen LogP contribution in [0.25, 0.3) is 0 Å². The normalized spacial score (nSPS) is 18.0. The second-order valence-corrected chi connectivity index (χ2v) is 7.70. The number of non-ortho nitro benzene ring substituents is 1. The van der Waals surface area contributed by atoms with Crippen LogP contribution >= 0.6 is 24.0 Å². The van der Waals surface area contributed by atoms with Crippen LogP contribution in [0, 0.1) is 16.0 Å². The number of aliphatic imine (C=N–C) groups is 1. The number of ether oxygens (including phenoxy) is 1. The van der Waals surface area contributed by atoms with E-state index in [2.05, 4.69) is 10.2 Å². The van der Waals surface area contributed by atoms with Gasteiger partial charge in [-0.15, -0.1) is 24.0 Å². The Morgan fingerprint density at radius 1 is 1.20 bits per heavy atom. The van der Waals surface area contributed by atoms with Crippen LogP contribution < -0.4 is 5.32 Å². The molecule has 3 rings (SSSR count). The van der Waals surface area contributed by atoms with Crippen LogP contribution in [0.3, 0.4) is 0 Å². The maximum Gasteiger partial charge on any atom is 0.309 e. The third-order valence-electron chi connectivity index (χ3n) is 5.66.